The Morgan fingerprint density at radius 1 is 1.45 bits per heavy atom. The van der Waals surface area contributed by atoms with Crippen LogP contribution in [0.5, 0.6) is 0 Å². The van der Waals surface area contributed by atoms with E-state index in [-0.39, 0.29) is 12.1 Å². The van der Waals surface area contributed by atoms with E-state index in [9.17, 15) is 0 Å². The maximum absolute atomic E-state index is 6.31. The lowest BCUT2D eigenvalue weighted by Crippen LogP contribution is -2.51. The van der Waals surface area contributed by atoms with Gasteiger partial charge >= 0.3 is 0 Å². The van der Waals surface area contributed by atoms with Gasteiger partial charge in [0, 0.05) is 24.2 Å². The summed E-state index contributed by atoms with van der Waals surface area (Å²) >= 11 is 6.31. The third kappa shape index (κ3) is 3.34. The van der Waals surface area contributed by atoms with Crippen molar-refractivity contribution in [3.8, 4) is 0 Å². The second-order valence-electron chi connectivity index (χ2n) is 5.75. The van der Waals surface area contributed by atoms with Gasteiger partial charge in [-0.25, -0.2) is 0 Å². The zero-order valence-electron chi connectivity index (χ0n) is 12.8. The summed E-state index contributed by atoms with van der Waals surface area (Å²) in [5, 5.41) is 4.07. The summed E-state index contributed by atoms with van der Waals surface area (Å²) < 4.78 is 5.99. The number of hydrogen-bond acceptors (Lipinski definition) is 3. The minimum atomic E-state index is 0.162. The Morgan fingerprint density at radius 2 is 2.20 bits per heavy atom. The average Bonchev–Trinajstić information content (AvgIpc) is 2.42. The maximum Gasteiger partial charge on any atom is 0.0896 e. The molecule has 2 atom stereocenters. The molecule has 1 N–H and O–H groups in total. The van der Waals surface area contributed by atoms with E-state index in [4.69, 9.17) is 16.3 Å². The molecule has 1 aliphatic rings. The normalized spacial score (nSPS) is 24.3. The Kier molecular flexibility index (Phi) is 5.44. The molecule has 20 heavy (non-hydrogen) atoms. The van der Waals surface area contributed by atoms with E-state index in [1.807, 2.05) is 14.0 Å². The van der Waals surface area contributed by atoms with Crippen molar-refractivity contribution < 1.29 is 4.74 Å². The molecule has 2 unspecified atom stereocenters. The highest BCUT2D eigenvalue weighted by atomic mass is 35.5. The van der Waals surface area contributed by atoms with Crippen LogP contribution < -0.4 is 5.32 Å². The van der Waals surface area contributed by atoms with Gasteiger partial charge in [0.2, 0.25) is 0 Å². The van der Waals surface area contributed by atoms with Crippen LogP contribution in [0.15, 0.2) is 18.2 Å². The molecule has 0 saturated carbocycles. The Bertz CT molecular complexity index is 448. The molecule has 2 rings (SSSR count). The highest BCUT2D eigenvalue weighted by molar-refractivity contribution is 6.31. The quantitative estimate of drug-likeness (QED) is 0.924. The van der Waals surface area contributed by atoms with Crippen LogP contribution in [0, 0.1) is 6.92 Å². The van der Waals surface area contributed by atoms with Gasteiger partial charge in [-0.1, -0.05) is 23.7 Å². The van der Waals surface area contributed by atoms with Crippen LogP contribution in [0.25, 0.3) is 0 Å². The number of aryl methyl sites for hydroxylation is 1. The van der Waals surface area contributed by atoms with E-state index in [2.05, 4.69) is 42.3 Å². The molecular formula is C16H25ClN2O. The van der Waals surface area contributed by atoms with E-state index in [1.165, 1.54) is 5.56 Å². The van der Waals surface area contributed by atoms with Gasteiger partial charge in [-0.15, -0.1) is 0 Å². The van der Waals surface area contributed by atoms with Crippen molar-refractivity contribution >= 4 is 11.6 Å². The molecule has 1 fully saturated rings. The molecule has 0 radical (unpaired) electrons. The largest absolute Gasteiger partial charge is 0.374 e. The lowest BCUT2D eigenvalue weighted by molar-refractivity contribution is -0.0815. The van der Waals surface area contributed by atoms with Crippen LogP contribution in [-0.4, -0.2) is 43.8 Å². The number of nitrogens with one attached hydrogen (secondary N) is 1. The molecule has 112 valence electrons. The molecule has 1 saturated heterocycles. The minimum absolute atomic E-state index is 0.162. The zero-order valence-corrected chi connectivity index (χ0v) is 13.6. The fourth-order valence-corrected chi connectivity index (χ4v) is 3.09. The maximum atomic E-state index is 6.31. The van der Waals surface area contributed by atoms with Crippen LogP contribution in [0.3, 0.4) is 0 Å². The van der Waals surface area contributed by atoms with Crippen molar-refractivity contribution in [3.63, 3.8) is 0 Å². The molecule has 1 aromatic rings. The molecule has 4 heteroatoms. The summed E-state index contributed by atoms with van der Waals surface area (Å²) in [6.45, 7) is 9.12. The minimum Gasteiger partial charge on any atom is -0.374 e. The summed E-state index contributed by atoms with van der Waals surface area (Å²) in [5.74, 6) is 0. The Morgan fingerprint density at radius 3 is 2.80 bits per heavy atom. The first-order valence-corrected chi connectivity index (χ1v) is 7.70. The first-order valence-electron chi connectivity index (χ1n) is 7.32. The van der Waals surface area contributed by atoms with E-state index in [0.717, 1.165) is 30.3 Å². The third-order valence-electron chi connectivity index (χ3n) is 4.00. The summed E-state index contributed by atoms with van der Waals surface area (Å²) in [5.41, 5.74) is 2.36. The van der Waals surface area contributed by atoms with E-state index >= 15 is 0 Å². The Hall–Kier alpha value is -0.610. The van der Waals surface area contributed by atoms with Crippen molar-refractivity contribution in [3.05, 3.63) is 34.3 Å². The summed E-state index contributed by atoms with van der Waals surface area (Å²) in [6.07, 6.45) is 0.162. The number of halogens is 1. The number of ether oxygens (including phenoxy) is 1. The summed E-state index contributed by atoms with van der Waals surface area (Å²) in [6, 6.07) is 7.12. The molecule has 1 heterocycles. The molecule has 0 amide bonds. The van der Waals surface area contributed by atoms with Crippen LogP contribution in [0.1, 0.15) is 31.0 Å². The van der Waals surface area contributed by atoms with Crippen molar-refractivity contribution in [2.45, 2.75) is 39.0 Å². The fourth-order valence-electron chi connectivity index (χ4n) is 2.90. The highest BCUT2D eigenvalue weighted by Crippen LogP contribution is 2.33. The SMILES string of the molecule is CNCC1OCCN(C(C)C)C1c1ccc(C)c(Cl)c1. The summed E-state index contributed by atoms with van der Waals surface area (Å²) in [7, 11) is 1.97. The zero-order chi connectivity index (χ0) is 14.7. The van der Waals surface area contributed by atoms with Gasteiger partial charge in [-0.05, 0) is 45.0 Å². The standard InChI is InChI=1S/C16H25ClN2O/c1-11(2)19-7-8-20-15(10-18-4)16(19)13-6-5-12(3)14(17)9-13/h5-6,9,11,15-16,18H,7-8,10H2,1-4H3. The monoisotopic (exact) mass is 296 g/mol. The van der Waals surface area contributed by atoms with Gasteiger partial charge < -0.3 is 10.1 Å². The van der Waals surface area contributed by atoms with Gasteiger partial charge in [-0.3, -0.25) is 4.90 Å². The predicted octanol–water partition coefficient (Wildman–Crippen LogP) is 3.02. The average molecular weight is 297 g/mol. The van der Waals surface area contributed by atoms with Crippen molar-refractivity contribution in [2.24, 2.45) is 0 Å². The lowest BCUT2D eigenvalue weighted by atomic mass is 9.95. The number of morpholine rings is 1. The molecule has 0 bridgehead atoms. The first kappa shape index (κ1) is 15.8. The van der Waals surface area contributed by atoms with Crippen LogP contribution in [0.2, 0.25) is 5.02 Å². The van der Waals surface area contributed by atoms with Crippen molar-refractivity contribution in [1.82, 2.24) is 10.2 Å². The molecule has 3 nitrogen and oxygen atoms in total. The highest BCUT2D eigenvalue weighted by Gasteiger charge is 2.34. The predicted molar refractivity (Wildman–Crippen MR) is 84.4 cm³/mol. The van der Waals surface area contributed by atoms with E-state index < -0.39 is 0 Å². The number of rotatable bonds is 4. The molecule has 0 aliphatic carbocycles. The van der Waals surface area contributed by atoms with Crippen LogP contribution in [-0.2, 0) is 4.74 Å². The fraction of sp³-hybridized carbons (Fsp3) is 0.625. The smallest absolute Gasteiger partial charge is 0.0896 e. The van der Waals surface area contributed by atoms with Gasteiger partial charge in [0.05, 0.1) is 18.8 Å². The van der Waals surface area contributed by atoms with E-state index in [0.29, 0.717) is 6.04 Å². The number of benzene rings is 1. The molecule has 1 aromatic carbocycles. The van der Waals surface area contributed by atoms with Crippen LogP contribution >= 0.6 is 11.6 Å². The van der Waals surface area contributed by atoms with E-state index in [1.54, 1.807) is 0 Å². The topological polar surface area (TPSA) is 24.5 Å². The molecule has 1 aliphatic heterocycles. The van der Waals surface area contributed by atoms with Gasteiger partial charge in [0.25, 0.3) is 0 Å². The molecular weight excluding hydrogens is 272 g/mol. The second kappa shape index (κ2) is 6.90. The van der Waals surface area contributed by atoms with Crippen molar-refractivity contribution in [2.75, 3.05) is 26.7 Å². The van der Waals surface area contributed by atoms with Gasteiger partial charge in [-0.2, -0.15) is 0 Å². The first-order chi connectivity index (χ1) is 9.54. The number of hydrogen-bond donors (Lipinski definition) is 1. The Labute approximate surface area is 127 Å². The summed E-state index contributed by atoms with van der Waals surface area (Å²) in [4.78, 5) is 2.51. The molecule has 0 spiro atoms. The molecule has 0 aromatic heterocycles. The number of likely N-dealkylation sites (N-methyl/N-ethyl adjacent to an activating group) is 1. The third-order valence-corrected chi connectivity index (χ3v) is 4.40. The lowest BCUT2D eigenvalue weighted by Gasteiger charge is -2.43. The van der Waals surface area contributed by atoms with Crippen LogP contribution in [0.4, 0.5) is 0 Å². The number of nitrogens with zero attached hydrogens (tertiary/aromatic N) is 1. The Balaban J connectivity index is 2.35. The van der Waals surface area contributed by atoms with Gasteiger partial charge in [0.1, 0.15) is 0 Å². The second-order valence-corrected chi connectivity index (χ2v) is 6.16. The van der Waals surface area contributed by atoms with Crippen molar-refractivity contribution in [1.29, 1.82) is 0 Å². The van der Waals surface area contributed by atoms with Gasteiger partial charge in [0.15, 0.2) is 0 Å².